The Hall–Kier alpha value is -2.96. The molecule has 0 saturated heterocycles. The van der Waals surface area contributed by atoms with Crippen molar-refractivity contribution in [3.8, 4) is 0 Å². The SMILES string of the molecule is C[C@@H](NC1CCC[C@H](C2C=CC(C(=O)N[C@@H](CO)C(=O)OC(C)(C)C)=CC2)C1)c1cccc2ccccc12. The Morgan fingerprint density at radius 2 is 1.87 bits per heavy atom. The molecular formula is C32H42N2O4. The lowest BCUT2D eigenvalue weighted by molar-refractivity contribution is -0.159. The molecule has 0 heterocycles. The summed E-state index contributed by atoms with van der Waals surface area (Å²) in [4.78, 5) is 25.1. The zero-order valence-electron chi connectivity index (χ0n) is 23.1. The zero-order valence-corrected chi connectivity index (χ0v) is 23.1. The van der Waals surface area contributed by atoms with E-state index in [1.54, 1.807) is 20.8 Å². The van der Waals surface area contributed by atoms with Crippen LogP contribution >= 0.6 is 0 Å². The molecule has 4 rings (SSSR count). The van der Waals surface area contributed by atoms with Crippen LogP contribution in [0.15, 0.2) is 66.3 Å². The van der Waals surface area contributed by atoms with E-state index < -0.39 is 24.2 Å². The van der Waals surface area contributed by atoms with Crippen molar-refractivity contribution in [3.63, 3.8) is 0 Å². The summed E-state index contributed by atoms with van der Waals surface area (Å²) in [5.41, 5.74) is 1.18. The van der Waals surface area contributed by atoms with Crippen LogP contribution in [0.1, 0.15) is 71.4 Å². The van der Waals surface area contributed by atoms with E-state index in [-0.39, 0.29) is 11.9 Å². The summed E-state index contributed by atoms with van der Waals surface area (Å²) in [6.45, 7) is 7.01. The third-order valence-electron chi connectivity index (χ3n) is 7.67. The molecule has 1 saturated carbocycles. The second kappa shape index (κ2) is 12.3. The molecule has 5 atom stereocenters. The van der Waals surface area contributed by atoms with Gasteiger partial charge in [0.05, 0.1) is 6.61 Å². The minimum atomic E-state index is -1.08. The molecule has 2 unspecified atom stereocenters. The van der Waals surface area contributed by atoms with E-state index in [9.17, 15) is 14.7 Å². The number of carbonyl (C=O) groups excluding carboxylic acids is 2. The fourth-order valence-electron chi connectivity index (χ4n) is 5.79. The Morgan fingerprint density at radius 3 is 2.58 bits per heavy atom. The lowest BCUT2D eigenvalue weighted by Crippen LogP contribution is -2.46. The molecule has 3 N–H and O–H groups in total. The van der Waals surface area contributed by atoms with Gasteiger partial charge in [-0.3, -0.25) is 4.79 Å². The van der Waals surface area contributed by atoms with Gasteiger partial charge in [0.1, 0.15) is 5.60 Å². The standard InChI is InChI=1S/C32H42N2O4/c1-21(27-14-8-10-23-9-5-6-13-28(23)27)33-26-12-7-11-25(19-26)22-15-17-24(18-16-22)30(36)34-29(20-35)31(37)38-32(2,3)4/h5-6,8-10,13-15,17-18,21-22,25-26,29,33,35H,7,11-12,16,19-20H2,1-4H3,(H,34,36)/t21-,22?,25+,26?,29+/m1/s1. The first-order valence-electron chi connectivity index (χ1n) is 13.9. The molecule has 0 spiro atoms. The molecule has 0 aromatic heterocycles. The Labute approximate surface area is 226 Å². The summed E-state index contributed by atoms with van der Waals surface area (Å²) in [7, 11) is 0. The summed E-state index contributed by atoms with van der Waals surface area (Å²) in [5.74, 6) is -0.0460. The maximum Gasteiger partial charge on any atom is 0.331 e. The van der Waals surface area contributed by atoms with Gasteiger partial charge in [-0.15, -0.1) is 0 Å². The topological polar surface area (TPSA) is 87.7 Å². The predicted molar refractivity (Wildman–Crippen MR) is 151 cm³/mol. The highest BCUT2D eigenvalue weighted by atomic mass is 16.6. The number of benzene rings is 2. The minimum Gasteiger partial charge on any atom is -0.458 e. The molecule has 2 aromatic carbocycles. The average Bonchev–Trinajstić information content (AvgIpc) is 2.90. The largest absolute Gasteiger partial charge is 0.458 e. The van der Waals surface area contributed by atoms with E-state index in [1.165, 1.54) is 35.6 Å². The number of aliphatic hydroxyl groups is 1. The van der Waals surface area contributed by atoms with Crippen molar-refractivity contribution < 1.29 is 19.4 Å². The van der Waals surface area contributed by atoms with Crippen LogP contribution in [0.4, 0.5) is 0 Å². The van der Waals surface area contributed by atoms with Crippen molar-refractivity contribution in [3.05, 3.63) is 71.8 Å². The first-order valence-corrected chi connectivity index (χ1v) is 13.9. The number of allylic oxidation sites excluding steroid dienone is 2. The van der Waals surface area contributed by atoms with Crippen molar-refractivity contribution in [1.82, 2.24) is 10.6 Å². The van der Waals surface area contributed by atoms with Gasteiger partial charge in [-0.05, 0) is 81.5 Å². The van der Waals surface area contributed by atoms with E-state index in [0.29, 0.717) is 23.5 Å². The number of fused-ring (bicyclic) bond motifs is 1. The van der Waals surface area contributed by atoms with Crippen LogP contribution in [0.3, 0.4) is 0 Å². The van der Waals surface area contributed by atoms with Crippen LogP contribution < -0.4 is 10.6 Å². The van der Waals surface area contributed by atoms with Crippen molar-refractivity contribution in [2.75, 3.05) is 6.61 Å². The number of esters is 1. The fraction of sp³-hybridized carbons (Fsp3) is 0.500. The molecule has 1 fully saturated rings. The fourth-order valence-corrected chi connectivity index (χ4v) is 5.79. The van der Waals surface area contributed by atoms with Gasteiger partial charge in [0.2, 0.25) is 0 Å². The number of rotatable bonds is 8. The van der Waals surface area contributed by atoms with Crippen LogP contribution in [0.2, 0.25) is 0 Å². The Morgan fingerprint density at radius 1 is 1.11 bits per heavy atom. The number of aliphatic hydroxyl groups excluding tert-OH is 1. The summed E-state index contributed by atoms with van der Waals surface area (Å²) < 4.78 is 5.30. The van der Waals surface area contributed by atoms with Gasteiger partial charge in [-0.2, -0.15) is 0 Å². The van der Waals surface area contributed by atoms with E-state index >= 15 is 0 Å². The van der Waals surface area contributed by atoms with Crippen LogP contribution in [0.25, 0.3) is 10.8 Å². The van der Waals surface area contributed by atoms with Gasteiger partial charge in [-0.1, -0.05) is 67.1 Å². The molecule has 38 heavy (non-hydrogen) atoms. The molecular weight excluding hydrogens is 476 g/mol. The van der Waals surface area contributed by atoms with Gasteiger partial charge < -0.3 is 20.5 Å². The van der Waals surface area contributed by atoms with E-state index in [1.807, 2.05) is 12.2 Å². The number of nitrogens with one attached hydrogen (secondary N) is 2. The maximum absolute atomic E-state index is 12.8. The molecule has 204 valence electrons. The summed E-state index contributed by atoms with van der Waals surface area (Å²) in [5, 5.41) is 18.7. The second-order valence-electron chi connectivity index (χ2n) is 11.7. The number of hydrogen-bond donors (Lipinski definition) is 3. The van der Waals surface area contributed by atoms with Crippen molar-refractivity contribution >= 4 is 22.6 Å². The summed E-state index contributed by atoms with van der Waals surface area (Å²) >= 11 is 0. The van der Waals surface area contributed by atoms with Gasteiger partial charge in [0.25, 0.3) is 5.91 Å². The minimum absolute atomic E-state index is 0.270. The summed E-state index contributed by atoms with van der Waals surface area (Å²) in [6, 6.07) is 14.8. The third kappa shape index (κ3) is 7.12. The maximum atomic E-state index is 12.8. The third-order valence-corrected chi connectivity index (χ3v) is 7.67. The number of carbonyl (C=O) groups is 2. The molecule has 2 aliphatic rings. The highest BCUT2D eigenvalue weighted by Gasteiger charge is 2.30. The lowest BCUT2D eigenvalue weighted by atomic mass is 9.74. The molecule has 2 aromatic rings. The number of ether oxygens (including phenoxy) is 1. The first-order chi connectivity index (χ1) is 18.1. The first kappa shape index (κ1) is 28.1. The highest BCUT2D eigenvalue weighted by molar-refractivity contribution is 5.98. The molecule has 6 nitrogen and oxygen atoms in total. The van der Waals surface area contributed by atoms with Crippen molar-refractivity contribution in [2.24, 2.45) is 11.8 Å². The lowest BCUT2D eigenvalue weighted by Gasteiger charge is -2.36. The quantitative estimate of drug-likeness (QED) is 0.409. The van der Waals surface area contributed by atoms with Crippen LogP contribution in [-0.2, 0) is 14.3 Å². The molecule has 1 amide bonds. The van der Waals surface area contributed by atoms with E-state index in [2.05, 4.69) is 66.1 Å². The molecule has 0 radical (unpaired) electrons. The zero-order chi connectivity index (χ0) is 27.3. The second-order valence-corrected chi connectivity index (χ2v) is 11.7. The van der Waals surface area contributed by atoms with Crippen molar-refractivity contribution in [1.29, 1.82) is 0 Å². The van der Waals surface area contributed by atoms with Gasteiger partial charge in [-0.25, -0.2) is 4.79 Å². The summed E-state index contributed by atoms with van der Waals surface area (Å²) in [6.07, 6.45) is 11.4. The Balaban J connectivity index is 1.31. The number of amides is 1. The number of hydrogen-bond acceptors (Lipinski definition) is 5. The molecule has 2 aliphatic carbocycles. The van der Waals surface area contributed by atoms with Gasteiger partial charge >= 0.3 is 5.97 Å². The van der Waals surface area contributed by atoms with Gasteiger partial charge in [0.15, 0.2) is 6.04 Å². The Kier molecular flexibility index (Phi) is 9.06. The van der Waals surface area contributed by atoms with Crippen LogP contribution in [0.5, 0.6) is 0 Å². The van der Waals surface area contributed by atoms with Crippen LogP contribution in [-0.4, -0.2) is 41.3 Å². The molecule has 0 bridgehead atoms. The van der Waals surface area contributed by atoms with Crippen LogP contribution in [0, 0.1) is 11.8 Å². The highest BCUT2D eigenvalue weighted by Crippen LogP contribution is 2.36. The normalized spacial score (nSPS) is 23.4. The van der Waals surface area contributed by atoms with Gasteiger partial charge in [0, 0.05) is 17.7 Å². The monoisotopic (exact) mass is 518 g/mol. The average molecular weight is 519 g/mol. The van der Waals surface area contributed by atoms with E-state index in [4.69, 9.17) is 4.74 Å². The molecule has 0 aliphatic heterocycles. The molecule has 6 heteroatoms. The van der Waals surface area contributed by atoms with Crippen molar-refractivity contribution in [2.45, 2.75) is 83.5 Å². The smallest absolute Gasteiger partial charge is 0.331 e. The van der Waals surface area contributed by atoms with E-state index in [0.717, 1.165) is 12.8 Å². The predicted octanol–water partition coefficient (Wildman–Crippen LogP) is 5.37. The Bertz CT molecular complexity index is 1190.